The molecule has 8 heteroatoms. The maximum atomic E-state index is 12.4. The summed E-state index contributed by atoms with van der Waals surface area (Å²) in [5.41, 5.74) is 0.519. The van der Waals surface area contributed by atoms with Gasteiger partial charge in [-0.2, -0.15) is 5.10 Å². The molecule has 8 nitrogen and oxygen atoms in total. The molecule has 1 aliphatic carbocycles. The number of nitrogens with one attached hydrogen (secondary N) is 1. The van der Waals surface area contributed by atoms with Crippen molar-refractivity contribution in [3.63, 3.8) is 0 Å². The van der Waals surface area contributed by atoms with Crippen LogP contribution in [0.15, 0.2) is 12.4 Å². The standard InChI is InChI=1S/C17H28N4O4/c1-20-11-13(10-18-20)19-16(23)12-21-6-5-17(24-2)4-3-14(9-15(17)21)25-8-7-22/h10-11,14-15,22H,3-9,12H2,1-2H3,(H,19,23)/t14-,15+,17-/m1/s1. The van der Waals surface area contributed by atoms with Gasteiger partial charge >= 0.3 is 0 Å². The Morgan fingerprint density at radius 2 is 2.36 bits per heavy atom. The van der Waals surface area contributed by atoms with Crippen molar-refractivity contribution in [2.75, 3.05) is 38.7 Å². The molecule has 0 aromatic carbocycles. The van der Waals surface area contributed by atoms with Crippen molar-refractivity contribution in [1.82, 2.24) is 14.7 Å². The molecule has 1 saturated carbocycles. The van der Waals surface area contributed by atoms with Crippen molar-refractivity contribution >= 4 is 11.6 Å². The molecular formula is C17H28N4O4. The molecule has 2 N–H and O–H groups in total. The van der Waals surface area contributed by atoms with E-state index in [0.717, 1.165) is 32.2 Å². The summed E-state index contributed by atoms with van der Waals surface area (Å²) in [6, 6.07) is 0.162. The predicted octanol–water partition coefficient (Wildman–Crippen LogP) is 0.380. The summed E-state index contributed by atoms with van der Waals surface area (Å²) in [7, 11) is 3.58. The molecule has 1 aromatic heterocycles. The number of amides is 1. The van der Waals surface area contributed by atoms with Gasteiger partial charge in [-0.15, -0.1) is 0 Å². The van der Waals surface area contributed by atoms with Gasteiger partial charge in [0.05, 0.1) is 43.3 Å². The SMILES string of the molecule is CO[C@@]12CC[C@@H](OCCO)C[C@@H]1N(CC(=O)Nc1cnn(C)c1)CC2. The molecule has 1 saturated heterocycles. The number of hydrogen-bond acceptors (Lipinski definition) is 6. The van der Waals surface area contributed by atoms with Gasteiger partial charge in [0.25, 0.3) is 0 Å². The van der Waals surface area contributed by atoms with Crippen molar-refractivity contribution in [1.29, 1.82) is 0 Å². The van der Waals surface area contributed by atoms with Gasteiger partial charge in [-0.1, -0.05) is 0 Å². The van der Waals surface area contributed by atoms with Crippen molar-refractivity contribution in [3.05, 3.63) is 12.4 Å². The third-order valence-electron chi connectivity index (χ3n) is 5.43. The van der Waals surface area contributed by atoms with E-state index in [1.807, 2.05) is 7.05 Å². The van der Waals surface area contributed by atoms with E-state index in [4.69, 9.17) is 14.6 Å². The zero-order chi connectivity index (χ0) is 17.9. The van der Waals surface area contributed by atoms with Crippen LogP contribution in [0.4, 0.5) is 5.69 Å². The summed E-state index contributed by atoms with van der Waals surface area (Å²) in [6.45, 7) is 1.57. The number of aliphatic hydroxyl groups is 1. The highest BCUT2D eigenvalue weighted by Crippen LogP contribution is 2.43. The molecule has 2 fully saturated rings. The minimum absolute atomic E-state index is 0.0355. The summed E-state index contributed by atoms with van der Waals surface area (Å²) in [4.78, 5) is 14.6. The third-order valence-corrected chi connectivity index (χ3v) is 5.43. The molecule has 2 aliphatic rings. The molecule has 25 heavy (non-hydrogen) atoms. The molecule has 3 rings (SSSR count). The molecule has 0 unspecified atom stereocenters. The van der Waals surface area contributed by atoms with Crippen LogP contribution in [0.5, 0.6) is 0 Å². The van der Waals surface area contributed by atoms with Crippen molar-refractivity contribution in [3.8, 4) is 0 Å². The van der Waals surface area contributed by atoms with Crippen LogP contribution < -0.4 is 5.32 Å². The summed E-state index contributed by atoms with van der Waals surface area (Å²) in [5.74, 6) is -0.0432. The Labute approximate surface area is 148 Å². The number of carbonyl (C=O) groups is 1. The van der Waals surface area contributed by atoms with Crippen LogP contribution in [0, 0.1) is 0 Å². The first-order valence-corrected chi connectivity index (χ1v) is 8.86. The van der Waals surface area contributed by atoms with Gasteiger partial charge in [-0.05, 0) is 25.7 Å². The molecule has 1 aromatic rings. The van der Waals surface area contributed by atoms with E-state index in [0.29, 0.717) is 18.8 Å². The molecule has 0 bridgehead atoms. The van der Waals surface area contributed by atoms with E-state index in [1.54, 1.807) is 24.2 Å². The number of rotatable bonds is 7. The van der Waals surface area contributed by atoms with E-state index in [2.05, 4.69) is 15.3 Å². The predicted molar refractivity (Wildman–Crippen MR) is 92.2 cm³/mol. The number of aromatic nitrogens is 2. The number of anilines is 1. The van der Waals surface area contributed by atoms with Gasteiger partial charge in [0.15, 0.2) is 0 Å². The molecule has 0 radical (unpaired) electrons. The highest BCUT2D eigenvalue weighted by atomic mass is 16.5. The lowest BCUT2D eigenvalue weighted by molar-refractivity contribution is -0.122. The monoisotopic (exact) mass is 352 g/mol. The van der Waals surface area contributed by atoms with Crippen LogP contribution in [-0.4, -0.2) is 76.9 Å². The fourth-order valence-corrected chi connectivity index (χ4v) is 4.19. The largest absolute Gasteiger partial charge is 0.394 e. The third kappa shape index (κ3) is 4.03. The van der Waals surface area contributed by atoms with E-state index >= 15 is 0 Å². The summed E-state index contributed by atoms with van der Waals surface area (Å²) in [6.07, 6.45) is 7.14. The summed E-state index contributed by atoms with van der Waals surface area (Å²) >= 11 is 0. The fraction of sp³-hybridized carbons (Fsp3) is 0.765. The first-order valence-electron chi connectivity index (χ1n) is 8.86. The quantitative estimate of drug-likeness (QED) is 0.738. The van der Waals surface area contributed by atoms with Crippen LogP contribution in [-0.2, 0) is 21.3 Å². The maximum Gasteiger partial charge on any atom is 0.238 e. The minimum atomic E-state index is -0.187. The zero-order valence-electron chi connectivity index (χ0n) is 15.0. The van der Waals surface area contributed by atoms with Gasteiger partial charge in [0.1, 0.15) is 0 Å². The fourth-order valence-electron chi connectivity index (χ4n) is 4.19. The van der Waals surface area contributed by atoms with Crippen molar-refractivity contribution in [2.24, 2.45) is 7.05 Å². The number of fused-ring (bicyclic) bond motifs is 1. The molecule has 1 aliphatic heterocycles. The Bertz CT molecular complexity index is 593. The summed E-state index contributed by atoms with van der Waals surface area (Å²) in [5, 5.41) is 15.9. The number of methoxy groups -OCH3 is 1. The molecular weight excluding hydrogens is 324 g/mol. The second-order valence-electron chi connectivity index (χ2n) is 6.95. The number of carbonyl (C=O) groups excluding carboxylic acids is 1. The van der Waals surface area contributed by atoms with E-state index in [-0.39, 0.29) is 30.3 Å². The van der Waals surface area contributed by atoms with E-state index in [9.17, 15) is 4.79 Å². The van der Waals surface area contributed by atoms with Crippen LogP contribution in [0.1, 0.15) is 25.7 Å². The lowest BCUT2D eigenvalue weighted by atomic mass is 9.79. The van der Waals surface area contributed by atoms with Crippen molar-refractivity contribution in [2.45, 2.75) is 43.4 Å². The second kappa shape index (κ2) is 7.82. The highest BCUT2D eigenvalue weighted by Gasteiger charge is 2.51. The first kappa shape index (κ1) is 18.3. The Hall–Kier alpha value is -1.48. The second-order valence-corrected chi connectivity index (χ2v) is 6.95. The molecule has 140 valence electrons. The number of nitrogens with zero attached hydrogens (tertiary/aromatic N) is 3. The first-order chi connectivity index (χ1) is 12.1. The Morgan fingerprint density at radius 1 is 1.52 bits per heavy atom. The number of likely N-dealkylation sites (tertiary alicyclic amines) is 1. The lowest BCUT2D eigenvalue weighted by Gasteiger charge is -2.43. The van der Waals surface area contributed by atoms with Crippen LogP contribution >= 0.6 is 0 Å². The molecule has 2 heterocycles. The number of ether oxygens (including phenoxy) is 2. The average Bonchev–Trinajstić information content (AvgIpc) is 3.17. The van der Waals surface area contributed by atoms with Gasteiger partial charge in [-0.3, -0.25) is 14.4 Å². The maximum absolute atomic E-state index is 12.4. The zero-order valence-corrected chi connectivity index (χ0v) is 15.0. The van der Waals surface area contributed by atoms with Gasteiger partial charge in [-0.25, -0.2) is 0 Å². The number of aliphatic hydroxyl groups excluding tert-OH is 1. The van der Waals surface area contributed by atoms with Crippen LogP contribution in [0.25, 0.3) is 0 Å². The summed E-state index contributed by atoms with van der Waals surface area (Å²) < 4.78 is 13.3. The molecule has 3 atom stereocenters. The number of aryl methyl sites for hydroxylation is 1. The highest BCUT2D eigenvalue weighted by molar-refractivity contribution is 5.92. The van der Waals surface area contributed by atoms with Crippen LogP contribution in [0.3, 0.4) is 0 Å². The van der Waals surface area contributed by atoms with Gasteiger partial charge in [0, 0.05) is 32.9 Å². The molecule has 1 amide bonds. The normalized spacial score (nSPS) is 29.6. The smallest absolute Gasteiger partial charge is 0.238 e. The van der Waals surface area contributed by atoms with E-state index < -0.39 is 0 Å². The van der Waals surface area contributed by atoms with Crippen molar-refractivity contribution < 1.29 is 19.4 Å². The van der Waals surface area contributed by atoms with Gasteiger partial charge in [0.2, 0.25) is 5.91 Å². The van der Waals surface area contributed by atoms with E-state index in [1.165, 1.54) is 0 Å². The Morgan fingerprint density at radius 3 is 3.04 bits per heavy atom. The van der Waals surface area contributed by atoms with Crippen LogP contribution in [0.2, 0.25) is 0 Å². The van der Waals surface area contributed by atoms with Gasteiger partial charge < -0.3 is 19.9 Å². The molecule has 0 spiro atoms. The number of hydrogen-bond donors (Lipinski definition) is 2. The topological polar surface area (TPSA) is 88.8 Å². The minimum Gasteiger partial charge on any atom is -0.394 e. The Balaban J connectivity index is 1.61. The Kier molecular flexibility index (Phi) is 5.73. The lowest BCUT2D eigenvalue weighted by Crippen LogP contribution is -2.53. The average molecular weight is 352 g/mol.